The summed E-state index contributed by atoms with van der Waals surface area (Å²) in [6, 6.07) is 17.8. The van der Waals surface area contributed by atoms with E-state index in [1.54, 1.807) is 18.4 Å². The Morgan fingerprint density at radius 3 is 2.52 bits per heavy atom. The van der Waals surface area contributed by atoms with Gasteiger partial charge in [-0.2, -0.15) is 0 Å². The SMILES string of the molecule is COCc1nc(NCc2ccc(NC(=O)OC)cc2)c2c(-c3ccccc3)csc2n1. The molecule has 8 heteroatoms. The van der Waals surface area contributed by atoms with Crippen LogP contribution in [0.3, 0.4) is 0 Å². The third-order valence-corrected chi connectivity index (χ3v) is 5.56. The predicted octanol–water partition coefficient (Wildman–Crippen LogP) is 5.30. The quantitative estimate of drug-likeness (QED) is 0.411. The Labute approximate surface area is 184 Å². The van der Waals surface area contributed by atoms with Gasteiger partial charge in [-0.05, 0) is 23.3 Å². The van der Waals surface area contributed by atoms with Gasteiger partial charge in [-0.1, -0.05) is 42.5 Å². The van der Waals surface area contributed by atoms with E-state index in [0.717, 1.165) is 32.7 Å². The zero-order valence-electron chi connectivity index (χ0n) is 17.2. The van der Waals surface area contributed by atoms with Crippen molar-refractivity contribution in [3.8, 4) is 11.1 Å². The second-order valence-electron chi connectivity index (χ2n) is 6.78. The molecule has 4 aromatic rings. The minimum atomic E-state index is -0.495. The monoisotopic (exact) mass is 434 g/mol. The van der Waals surface area contributed by atoms with Crippen LogP contribution >= 0.6 is 11.3 Å². The Morgan fingerprint density at radius 2 is 1.81 bits per heavy atom. The molecule has 1 amide bonds. The number of carbonyl (C=O) groups excluding carboxylic acids is 1. The van der Waals surface area contributed by atoms with Crippen LogP contribution in [0.25, 0.3) is 21.3 Å². The summed E-state index contributed by atoms with van der Waals surface area (Å²) in [4.78, 5) is 21.6. The minimum Gasteiger partial charge on any atom is -0.453 e. The van der Waals surface area contributed by atoms with Gasteiger partial charge in [0.25, 0.3) is 0 Å². The number of anilines is 2. The number of methoxy groups -OCH3 is 2. The van der Waals surface area contributed by atoms with Crippen LogP contribution in [0.4, 0.5) is 16.3 Å². The molecule has 0 aliphatic heterocycles. The van der Waals surface area contributed by atoms with Gasteiger partial charge in [0.1, 0.15) is 17.3 Å². The van der Waals surface area contributed by atoms with Gasteiger partial charge < -0.3 is 14.8 Å². The maximum atomic E-state index is 11.3. The van der Waals surface area contributed by atoms with Gasteiger partial charge in [-0.15, -0.1) is 11.3 Å². The first-order valence-corrected chi connectivity index (χ1v) is 10.6. The van der Waals surface area contributed by atoms with E-state index in [1.165, 1.54) is 7.11 Å². The number of thiophene rings is 1. The first kappa shape index (κ1) is 20.8. The highest BCUT2D eigenvalue weighted by atomic mass is 32.1. The van der Waals surface area contributed by atoms with Crippen LogP contribution in [-0.4, -0.2) is 30.3 Å². The fourth-order valence-corrected chi connectivity index (χ4v) is 4.16. The van der Waals surface area contributed by atoms with Crippen LogP contribution in [0, 0.1) is 0 Å². The smallest absolute Gasteiger partial charge is 0.411 e. The van der Waals surface area contributed by atoms with E-state index in [2.05, 4.69) is 37.9 Å². The van der Waals surface area contributed by atoms with Crippen molar-refractivity contribution in [3.05, 3.63) is 71.4 Å². The average Bonchev–Trinajstić information content (AvgIpc) is 3.23. The van der Waals surface area contributed by atoms with Gasteiger partial charge in [0.2, 0.25) is 0 Å². The lowest BCUT2D eigenvalue weighted by Gasteiger charge is -2.11. The van der Waals surface area contributed by atoms with Crippen molar-refractivity contribution in [1.29, 1.82) is 0 Å². The molecule has 2 aromatic carbocycles. The van der Waals surface area contributed by atoms with E-state index < -0.39 is 6.09 Å². The molecular weight excluding hydrogens is 412 g/mol. The molecule has 2 heterocycles. The van der Waals surface area contributed by atoms with Crippen LogP contribution < -0.4 is 10.6 Å². The zero-order valence-corrected chi connectivity index (χ0v) is 18.0. The predicted molar refractivity (Wildman–Crippen MR) is 123 cm³/mol. The summed E-state index contributed by atoms with van der Waals surface area (Å²) in [5.74, 6) is 1.41. The van der Waals surface area contributed by atoms with Crippen LogP contribution in [-0.2, 0) is 22.6 Å². The summed E-state index contributed by atoms with van der Waals surface area (Å²) in [6.07, 6.45) is -0.495. The fourth-order valence-electron chi connectivity index (χ4n) is 3.20. The first-order valence-electron chi connectivity index (χ1n) is 9.68. The standard InChI is InChI=1S/C23H22N4O3S/c1-29-13-19-26-21(24-12-15-8-10-17(11-9-15)25-23(28)30-2)20-18(14-31-22(20)27-19)16-6-4-3-5-7-16/h3-11,14H,12-13H2,1-2H3,(H,25,28)(H,24,26,27). The maximum absolute atomic E-state index is 11.3. The number of aromatic nitrogens is 2. The lowest BCUT2D eigenvalue weighted by molar-refractivity contribution is 0.178. The summed E-state index contributed by atoms with van der Waals surface area (Å²) in [7, 11) is 2.97. The van der Waals surface area contributed by atoms with Crippen LogP contribution in [0.5, 0.6) is 0 Å². The Hall–Kier alpha value is -3.49. The maximum Gasteiger partial charge on any atom is 0.411 e. The Morgan fingerprint density at radius 1 is 1.03 bits per heavy atom. The molecule has 7 nitrogen and oxygen atoms in total. The summed E-state index contributed by atoms with van der Waals surface area (Å²) in [6.45, 7) is 0.915. The highest BCUT2D eigenvalue weighted by molar-refractivity contribution is 7.17. The fraction of sp³-hybridized carbons (Fsp3) is 0.174. The third-order valence-electron chi connectivity index (χ3n) is 4.68. The molecule has 2 aromatic heterocycles. The Balaban J connectivity index is 1.62. The first-order chi connectivity index (χ1) is 15.2. The van der Waals surface area contributed by atoms with Crippen LogP contribution in [0.2, 0.25) is 0 Å². The van der Waals surface area contributed by atoms with E-state index in [9.17, 15) is 4.79 Å². The lowest BCUT2D eigenvalue weighted by atomic mass is 10.1. The average molecular weight is 435 g/mol. The zero-order chi connectivity index (χ0) is 21.6. The Bertz CT molecular complexity index is 1180. The van der Waals surface area contributed by atoms with E-state index in [0.29, 0.717) is 24.7 Å². The highest BCUT2D eigenvalue weighted by Crippen LogP contribution is 2.37. The molecule has 158 valence electrons. The molecule has 0 spiro atoms. The molecule has 0 saturated carbocycles. The summed E-state index contributed by atoms with van der Waals surface area (Å²) in [5.41, 5.74) is 3.95. The normalized spacial score (nSPS) is 10.8. The van der Waals surface area contributed by atoms with Crippen molar-refractivity contribution < 1.29 is 14.3 Å². The topological polar surface area (TPSA) is 85.4 Å². The molecule has 31 heavy (non-hydrogen) atoms. The largest absolute Gasteiger partial charge is 0.453 e. The van der Waals surface area contributed by atoms with E-state index in [1.807, 2.05) is 42.5 Å². The Kier molecular flexibility index (Phi) is 6.40. The molecule has 0 saturated heterocycles. The van der Waals surface area contributed by atoms with Crippen molar-refractivity contribution in [1.82, 2.24) is 9.97 Å². The molecule has 0 bridgehead atoms. The van der Waals surface area contributed by atoms with Crippen molar-refractivity contribution in [3.63, 3.8) is 0 Å². The molecular formula is C23H22N4O3S. The summed E-state index contributed by atoms with van der Waals surface area (Å²) < 4.78 is 9.86. The number of rotatable bonds is 7. The van der Waals surface area contributed by atoms with Gasteiger partial charge in [-0.3, -0.25) is 5.32 Å². The highest BCUT2D eigenvalue weighted by Gasteiger charge is 2.15. The number of fused-ring (bicyclic) bond motifs is 1. The minimum absolute atomic E-state index is 0.344. The molecule has 0 aliphatic rings. The number of benzene rings is 2. The van der Waals surface area contributed by atoms with Gasteiger partial charge >= 0.3 is 6.09 Å². The van der Waals surface area contributed by atoms with Crippen molar-refractivity contribution in [2.24, 2.45) is 0 Å². The van der Waals surface area contributed by atoms with Crippen LogP contribution in [0.15, 0.2) is 60.0 Å². The molecule has 4 rings (SSSR count). The van der Waals surface area contributed by atoms with Crippen molar-refractivity contribution in [2.45, 2.75) is 13.2 Å². The molecule has 0 fully saturated rings. The number of hydrogen-bond donors (Lipinski definition) is 2. The number of nitrogens with zero attached hydrogens (tertiary/aromatic N) is 2. The van der Waals surface area contributed by atoms with E-state index >= 15 is 0 Å². The van der Waals surface area contributed by atoms with Crippen LogP contribution in [0.1, 0.15) is 11.4 Å². The number of nitrogens with one attached hydrogen (secondary N) is 2. The van der Waals surface area contributed by atoms with E-state index in [-0.39, 0.29) is 0 Å². The molecule has 0 aliphatic carbocycles. The van der Waals surface area contributed by atoms with Crippen molar-refractivity contribution in [2.75, 3.05) is 24.9 Å². The second-order valence-corrected chi connectivity index (χ2v) is 7.64. The number of ether oxygens (including phenoxy) is 2. The molecule has 0 unspecified atom stereocenters. The third kappa shape index (κ3) is 4.82. The number of carbonyl (C=O) groups is 1. The second kappa shape index (κ2) is 9.55. The van der Waals surface area contributed by atoms with Gasteiger partial charge in [0.15, 0.2) is 5.82 Å². The molecule has 0 radical (unpaired) electrons. The van der Waals surface area contributed by atoms with Crippen molar-refractivity contribution >= 4 is 39.2 Å². The van der Waals surface area contributed by atoms with Gasteiger partial charge in [-0.25, -0.2) is 14.8 Å². The molecule has 2 N–H and O–H groups in total. The summed E-state index contributed by atoms with van der Waals surface area (Å²) >= 11 is 1.60. The summed E-state index contributed by atoms with van der Waals surface area (Å²) in [5, 5.41) is 9.22. The van der Waals surface area contributed by atoms with Gasteiger partial charge in [0.05, 0.1) is 12.5 Å². The number of hydrogen-bond acceptors (Lipinski definition) is 7. The lowest BCUT2D eigenvalue weighted by Crippen LogP contribution is -2.11. The van der Waals surface area contributed by atoms with Gasteiger partial charge in [0, 0.05) is 30.3 Å². The van der Waals surface area contributed by atoms with E-state index in [4.69, 9.17) is 9.72 Å². The number of amides is 1. The molecule has 0 atom stereocenters.